The number of hydrogen-bond acceptors (Lipinski definition) is 2. The average molecular weight is 425 g/mol. The Bertz CT molecular complexity index is 699. The summed E-state index contributed by atoms with van der Waals surface area (Å²) in [6, 6.07) is 11.4. The predicted octanol–water partition coefficient (Wildman–Crippen LogP) is 6.78. The average Bonchev–Trinajstić information content (AvgIpc) is 2.98. The highest BCUT2D eigenvalue weighted by atomic mass is 16.2. The van der Waals surface area contributed by atoms with Crippen molar-refractivity contribution in [2.75, 3.05) is 0 Å². The Morgan fingerprint density at radius 1 is 0.903 bits per heavy atom. The molecule has 0 saturated heterocycles. The summed E-state index contributed by atoms with van der Waals surface area (Å²) in [4.78, 5) is 15.3. The molecule has 1 heterocycles. The van der Waals surface area contributed by atoms with E-state index in [1.807, 2.05) is 6.92 Å². The topological polar surface area (TPSA) is 32.3 Å². The maximum absolute atomic E-state index is 13.2. The number of aryl methyl sites for hydroxylation is 1. The third-order valence-electron chi connectivity index (χ3n) is 7.50. The monoisotopic (exact) mass is 424 g/mol. The highest BCUT2D eigenvalue weighted by molar-refractivity contribution is 5.97. The van der Waals surface area contributed by atoms with Crippen LogP contribution in [0.25, 0.3) is 0 Å². The summed E-state index contributed by atoms with van der Waals surface area (Å²) in [6.07, 6.45) is 16.9. The van der Waals surface area contributed by atoms with Gasteiger partial charge in [-0.25, -0.2) is 0 Å². The Morgan fingerprint density at radius 2 is 1.45 bits per heavy atom. The van der Waals surface area contributed by atoms with Crippen molar-refractivity contribution in [3.8, 4) is 0 Å². The summed E-state index contributed by atoms with van der Waals surface area (Å²) in [7, 11) is 0. The normalized spacial score (nSPS) is 23.5. The minimum absolute atomic E-state index is 0.0659. The predicted molar refractivity (Wildman–Crippen MR) is 131 cm³/mol. The van der Waals surface area contributed by atoms with E-state index >= 15 is 0 Å². The van der Waals surface area contributed by atoms with Crippen molar-refractivity contribution in [1.82, 2.24) is 10.2 Å². The lowest BCUT2D eigenvalue weighted by Gasteiger charge is -2.36. The summed E-state index contributed by atoms with van der Waals surface area (Å²) in [5.41, 5.74) is 3.52. The van der Waals surface area contributed by atoms with Crippen LogP contribution in [-0.2, 0) is 11.2 Å². The van der Waals surface area contributed by atoms with E-state index < -0.39 is 0 Å². The molecule has 2 atom stereocenters. The third-order valence-corrected chi connectivity index (χ3v) is 7.50. The molecule has 0 spiro atoms. The lowest BCUT2D eigenvalue weighted by molar-refractivity contribution is -0.129. The van der Waals surface area contributed by atoms with E-state index in [1.165, 1.54) is 81.8 Å². The number of benzene rings is 1. The van der Waals surface area contributed by atoms with E-state index in [9.17, 15) is 4.79 Å². The molecule has 0 aromatic heterocycles. The van der Waals surface area contributed by atoms with Gasteiger partial charge in [0.05, 0.1) is 0 Å². The molecule has 1 aromatic carbocycles. The molecule has 2 aliphatic rings. The molecular formula is C28H44N2O. The molecular weight excluding hydrogens is 380 g/mol. The van der Waals surface area contributed by atoms with Gasteiger partial charge in [0.2, 0.25) is 0 Å². The Balaban J connectivity index is 1.64. The molecule has 1 fully saturated rings. The zero-order valence-electron chi connectivity index (χ0n) is 20.2. The first-order chi connectivity index (χ1) is 15.1. The molecule has 31 heavy (non-hydrogen) atoms. The van der Waals surface area contributed by atoms with Crippen LogP contribution in [0, 0.1) is 0 Å². The Morgan fingerprint density at radius 3 is 2.03 bits per heavy atom. The summed E-state index contributed by atoms with van der Waals surface area (Å²) in [5.74, 6) is 0.226. The molecule has 1 aliphatic carbocycles. The van der Waals surface area contributed by atoms with E-state index in [2.05, 4.69) is 54.4 Å². The first kappa shape index (κ1) is 24.0. The van der Waals surface area contributed by atoms with Gasteiger partial charge in [0.15, 0.2) is 0 Å². The van der Waals surface area contributed by atoms with E-state index in [4.69, 9.17) is 0 Å². The fourth-order valence-electron chi connectivity index (χ4n) is 5.27. The number of carbonyl (C=O) groups excluding carboxylic acids is 1. The second-order valence-corrected chi connectivity index (χ2v) is 9.92. The van der Waals surface area contributed by atoms with Crippen LogP contribution < -0.4 is 5.32 Å². The van der Waals surface area contributed by atoms with Gasteiger partial charge in [-0.3, -0.25) is 10.1 Å². The number of hydrogen-bond donors (Lipinski definition) is 1. The molecule has 3 rings (SSSR count). The van der Waals surface area contributed by atoms with Crippen molar-refractivity contribution in [3.05, 3.63) is 47.0 Å². The molecule has 3 heteroatoms. The Labute approximate surface area is 190 Å². The van der Waals surface area contributed by atoms with Crippen LogP contribution in [0.2, 0.25) is 0 Å². The lowest BCUT2D eigenvalue weighted by atomic mass is 9.97. The third kappa shape index (κ3) is 6.94. The van der Waals surface area contributed by atoms with Gasteiger partial charge in [-0.1, -0.05) is 88.1 Å². The molecule has 1 amide bonds. The molecule has 0 unspecified atom stereocenters. The van der Waals surface area contributed by atoms with E-state index in [-0.39, 0.29) is 18.1 Å². The van der Waals surface area contributed by atoms with E-state index in [0.29, 0.717) is 6.04 Å². The number of carbonyl (C=O) groups is 1. The zero-order valence-corrected chi connectivity index (χ0v) is 20.2. The van der Waals surface area contributed by atoms with Gasteiger partial charge in [0.25, 0.3) is 5.91 Å². The van der Waals surface area contributed by atoms with Gasteiger partial charge in [0.1, 0.15) is 6.17 Å². The van der Waals surface area contributed by atoms with Crippen molar-refractivity contribution < 1.29 is 4.79 Å². The molecule has 0 bridgehead atoms. The van der Waals surface area contributed by atoms with Crippen molar-refractivity contribution in [3.63, 3.8) is 0 Å². The summed E-state index contributed by atoms with van der Waals surface area (Å²) in [5, 5.41) is 3.96. The summed E-state index contributed by atoms with van der Waals surface area (Å²) < 4.78 is 0. The van der Waals surface area contributed by atoms with Gasteiger partial charge in [-0.15, -0.1) is 0 Å². The molecule has 1 aliphatic heterocycles. The quantitative estimate of drug-likeness (QED) is 0.546. The van der Waals surface area contributed by atoms with Crippen molar-refractivity contribution in [1.29, 1.82) is 0 Å². The largest absolute Gasteiger partial charge is 0.317 e. The highest BCUT2D eigenvalue weighted by Gasteiger charge is 2.38. The highest BCUT2D eigenvalue weighted by Crippen LogP contribution is 2.29. The van der Waals surface area contributed by atoms with E-state index in [0.717, 1.165) is 18.4 Å². The van der Waals surface area contributed by atoms with E-state index in [1.54, 1.807) is 0 Å². The number of nitrogens with zero attached hydrogens (tertiary/aromatic N) is 1. The molecule has 1 aromatic rings. The lowest BCUT2D eigenvalue weighted by Crippen LogP contribution is -2.52. The van der Waals surface area contributed by atoms with Crippen molar-refractivity contribution in [2.45, 2.75) is 122 Å². The molecule has 1 saturated carbocycles. The van der Waals surface area contributed by atoms with Crippen LogP contribution in [0.15, 0.2) is 41.5 Å². The zero-order chi connectivity index (χ0) is 22.1. The van der Waals surface area contributed by atoms with Crippen LogP contribution in [0.4, 0.5) is 0 Å². The molecule has 0 radical (unpaired) electrons. The van der Waals surface area contributed by atoms with Gasteiger partial charge >= 0.3 is 0 Å². The van der Waals surface area contributed by atoms with Gasteiger partial charge in [0, 0.05) is 17.7 Å². The van der Waals surface area contributed by atoms with Crippen LogP contribution >= 0.6 is 0 Å². The second kappa shape index (κ2) is 12.4. The summed E-state index contributed by atoms with van der Waals surface area (Å²) in [6.45, 7) is 6.39. The minimum Gasteiger partial charge on any atom is -0.317 e. The summed E-state index contributed by atoms with van der Waals surface area (Å²) >= 11 is 0. The Kier molecular flexibility index (Phi) is 9.64. The first-order valence-corrected chi connectivity index (χ1v) is 12.9. The first-order valence-electron chi connectivity index (χ1n) is 12.9. The number of rotatable bonds is 6. The van der Waals surface area contributed by atoms with Gasteiger partial charge in [-0.2, -0.15) is 0 Å². The maximum Gasteiger partial charge on any atom is 0.251 e. The maximum atomic E-state index is 13.2. The minimum atomic E-state index is 0.0659. The fourth-order valence-corrected chi connectivity index (χ4v) is 5.27. The standard InChI is InChI=1S/C28H44N2O/c1-22(20-21-25-16-12-11-13-17-25)30-27(23(2)24(3)28(30)31)29-26-18-14-9-7-5-4-6-8-10-15-19-26/h11-13,16-17,22,26-27,29H,4-10,14-15,18-21H2,1-3H3/t22-,27-/m1/s1. The number of amides is 1. The number of nitrogens with one attached hydrogen (secondary N) is 1. The fraction of sp³-hybridized carbons (Fsp3) is 0.679. The van der Waals surface area contributed by atoms with Crippen molar-refractivity contribution in [2.24, 2.45) is 0 Å². The molecule has 172 valence electrons. The molecule has 3 nitrogen and oxygen atoms in total. The van der Waals surface area contributed by atoms with Crippen LogP contribution in [-0.4, -0.2) is 29.1 Å². The SMILES string of the molecule is CC1=C(C)[C@H](NC2CCCCCCCCCCC2)N([C@H](C)CCc2ccccc2)C1=O. The second-order valence-electron chi connectivity index (χ2n) is 9.92. The van der Waals surface area contributed by atoms with Crippen LogP contribution in [0.3, 0.4) is 0 Å². The van der Waals surface area contributed by atoms with Crippen molar-refractivity contribution >= 4 is 5.91 Å². The van der Waals surface area contributed by atoms with Gasteiger partial charge < -0.3 is 4.90 Å². The van der Waals surface area contributed by atoms with Crippen LogP contribution in [0.5, 0.6) is 0 Å². The Hall–Kier alpha value is -1.61. The van der Waals surface area contributed by atoms with Gasteiger partial charge in [-0.05, 0) is 57.6 Å². The van der Waals surface area contributed by atoms with Crippen LogP contribution in [0.1, 0.15) is 103 Å². The molecule has 1 N–H and O–H groups in total. The smallest absolute Gasteiger partial charge is 0.251 e.